The molecule has 0 saturated heterocycles. The lowest BCUT2D eigenvalue weighted by molar-refractivity contribution is 0.376. The summed E-state index contributed by atoms with van der Waals surface area (Å²) in [5.41, 5.74) is 1.37. The van der Waals surface area contributed by atoms with Gasteiger partial charge in [0.05, 0.1) is 12.3 Å². The number of nitrogens with one attached hydrogen (secondary N) is 1. The van der Waals surface area contributed by atoms with Crippen molar-refractivity contribution < 1.29 is 12.9 Å². The van der Waals surface area contributed by atoms with Crippen molar-refractivity contribution in [3.8, 4) is 11.4 Å². The van der Waals surface area contributed by atoms with Crippen LogP contribution in [0.3, 0.4) is 0 Å². The second-order valence-corrected chi connectivity index (χ2v) is 8.39. The Bertz CT molecular complexity index is 992. The summed E-state index contributed by atoms with van der Waals surface area (Å²) in [5, 5.41) is 4.35. The predicted molar refractivity (Wildman–Crippen MR) is 98.3 cm³/mol. The molecule has 0 fully saturated rings. The predicted octanol–water partition coefficient (Wildman–Crippen LogP) is 3.77. The molecule has 0 bridgehead atoms. The highest BCUT2D eigenvalue weighted by molar-refractivity contribution is 9.10. The molecular formula is C16H13BrClN3O3S. The van der Waals surface area contributed by atoms with Crippen molar-refractivity contribution in [2.45, 2.75) is 12.3 Å². The lowest BCUT2D eigenvalue weighted by atomic mass is 10.2. The van der Waals surface area contributed by atoms with Gasteiger partial charge in [-0.05, 0) is 29.8 Å². The van der Waals surface area contributed by atoms with Gasteiger partial charge in [0.2, 0.25) is 21.7 Å². The summed E-state index contributed by atoms with van der Waals surface area (Å²) >= 11 is 9.24. The van der Waals surface area contributed by atoms with Crippen LogP contribution in [-0.2, 0) is 22.3 Å². The fourth-order valence-corrected chi connectivity index (χ4v) is 3.82. The fourth-order valence-electron chi connectivity index (χ4n) is 2.14. The molecule has 3 rings (SSSR count). The van der Waals surface area contributed by atoms with E-state index < -0.39 is 10.0 Å². The Morgan fingerprint density at radius 1 is 1.16 bits per heavy atom. The Balaban J connectivity index is 1.65. The number of hydrogen-bond donors (Lipinski definition) is 1. The molecular weight excluding hydrogens is 430 g/mol. The molecule has 0 aliphatic carbocycles. The maximum atomic E-state index is 12.2. The summed E-state index contributed by atoms with van der Waals surface area (Å²) in [4.78, 5) is 4.20. The highest BCUT2D eigenvalue weighted by Gasteiger charge is 2.15. The van der Waals surface area contributed by atoms with E-state index in [0.29, 0.717) is 16.4 Å². The molecule has 3 aromatic rings. The van der Waals surface area contributed by atoms with Crippen molar-refractivity contribution in [3.63, 3.8) is 0 Å². The van der Waals surface area contributed by atoms with E-state index >= 15 is 0 Å². The van der Waals surface area contributed by atoms with E-state index in [4.69, 9.17) is 16.1 Å². The van der Waals surface area contributed by atoms with E-state index in [-0.39, 0.29) is 18.2 Å². The van der Waals surface area contributed by atoms with E-state index in [1.807, 2.05) is 24.3 Å². The zero-order valence-corrected chi connectivity index (χ0v) is 16.0. The quantitative estimate of drug-likeness (QED) is 0.628. The number of sulfonamides is 1. The Kier molecular flexibility index (Phi) is 5.53. The molecule has 0 spiro atoms. The first-order valence-corrected chi connectivity index (χ1v) is 10.0. The number of halogens is 2. The third-order valence-electron chi connectivity index (χ3n) is 3.24. The first-order chi connectivity index (χ1) is 11.9. The van der Waals surface area contributed by atoms with Crippen molar-refractivity contribution >= 4 is 37.6 Å². The van der Waals surface area contributed by atoms with E-state index in [2.05, 4.69) is 30.8 Å². The largest absolute Gasteiger partial charge is 0.338 e. The average Bonchev–Trinajstić information content (AvgIpc) is 3.02. The van der Waals surface area contributed by atoms with Gasteiger partial charge in [-0.3, -0.25) is 0 Å². The number of rotatable bonds is 6. The van der Waals surface area contributed by atoms with Crippen molar-refractivity contribution in [1.29, 1.82) is 0 Å². The van der Waals surface area contributed by atoms with Crippen LogP contribution in [0.25, 0.3) is 11.4 Å². The number of aromatic nitrogens is 2. The Morgan fingerprint density at radius 3 is 2.72 bits per heavy atom. The van der Waals surface area contributed by atoms with E-state index in [1.54, 1.807) is 24.3 Å². The fraction of sp³-hybridized carbons (Fsp3) is 0.125. The normalized spacial score (nSPS) is 11.6. The molecule has 0 aliphatic heterocycles. The molecule has 0 unspecified atom stereocenters. The van der Waals surface area contributed by atoms with Crippen LogP contribution in [0.5, 0.6) is 0 Å². The van der Waals surface area contributed by atoms with Gasteiger partial charge >= 0.3 is 0 Å². The lowest BCUT2D eigenvalue weighted by Crippen LogP contribution is -2.24. The Labute approximate surface area is 158 Å². The van der Waals surface area contributed by atoms with Gasteiger partial charge in [-0.1, -0.05) is 57.0 Å². The standard InChI is InChI=1S/C16H13BrClN3O3S/c17-13-5-2-4-12(8-13)16-20-15(24-21-16)9-19-25(22,23)10-11-3-1-6-14(18)7-11/h1-8,19H,9-10H2. The Hall–Kier alpha value is -1.74. The number of hydrogen-bond acceptors (Lipinski definition) is 5. The molecule has 130 valence electrons. The molecule has 1 N–H and O–H groups in total. The van der Waals surface area contributed by atoms with Crippen LogP contribution in [0.4, 0.5) is 0 Å². The molecule has 0 aliphatic rings. The monoisotopic (exact) mass is 441 g/mol. The minimum atomic E-state index is -3.56. The van der Waals surface area contributed by atoms with Gasteiger partial charge in [0.1, 0.15) is 0 Å². The minimum absolute atomic E-state index is 0.0795. The highest BCUT2D eigenvalue weighted by Crippen LogP contribution is 2.20. The highest BCUT2D eigenvalue weighted by atomic mass is 79.9. The molecule has 0 amide bonds. The van der Waals surface area contributed by atoms with Crippen LogP contribution < -0.4 is 4.72 Å². The molecule has 0 atom stereocenters. The van der Waals surface area contributed by atoms with Crippen LogP contribution >= 0.6 is 27.5 Å². The first-order valence-electron chi connectivity index (χ1n) is 7.22. The summed E-state index contributed by atoms with van der Waals surface area (Å²) in [6, 6.07) is 14.1. The Morgan fingerprint density at radius 2 is 1.96 bits per heavy atom. The molecule has 1 aromatic heterocycles. The zero-order valence-electron chi connectivity index (χ0n) is 12.8. The van der Waals surface area contributed by atoms with Crippen molar-refractivity contribution in [3.05, 3.63) is 69.5 Å². The van der Waals surface area contributed by atoms with Crippen molar-refractivity contribution in [1.82, 2.24) is 14.9 Å². The van der Waals surface area contributed by atoms with Crippen LogP contribution in [0.2, 0.25) is 5.02 Å². The van der Waals surface area contributed by atoms with Crippen LogP contribution in [0, 0.1) is 0 Å². The van der Waals surface area contributed by atoms with Gasteiger partial charge in [-0.15, -0.1) is 0 Å². The van der Waals surface area contributed by atoms with Crippen LogP contribution in [0.15, 0.2) is 57.5 Å². The van der Waals surface area contributed by atoms with Gasteiger partial charge in [-0.25, -0.2) is 13.1 Å². The third-order valence-corrected chi connectivity index (χ3v) is 5.27. The molecule has 9 heteroatoms. The second-order valence-electron chi connectivity index (χ2n) is 5.23. The molecule has 2 aromatic carbocycles. The van der Waals surface area contributed by atoms with Gasteiger partial charge in [0, 0.05) is 15.1 Å². The van der Waals surface area contributed by atoms with Gasteiger partial charge in [0.15, 0.2) is 0 Å². The van der Waals surface area contributed by atoms with Gasteiger partial charge in [-0.2, -0.15) is 4.98 Å². The summed E-state index contributed by atoms with van der Waals surface area (Å²) in [6.45, 7) is -0.0795. The first kappa shape index (κ1) is 18.1. The maximum Gasteiger partial charge on any atom is 0.242 e. The summed E-state index contributed by atoms with van der Waals surface area (Å²) in [5.74, 6) is 0.398. The van der Waals surface area contributed by atoms with E-state index in [9.17, 15) is 8.42 Å². The van der Waals surface area contributed by atoms with Gasteiger partial charge < -0.3 is 4.52 Å². The molecule has 1 heterocycles. The van der Waals surface area contributed by atoms with E-state index in [1.165, 1.54) is 0 Å². The lowest BCUT2D eigenvalue weighted by Gasteiger charge is -2.05. The van der Waals surface area contributed by atoms with Crippen LogP contribution in [0.1, 0.15) is 11.5 Å². The zero-order chi connectivity index (χ0) is 17.9. The maximum absolute atomic E-state index is 12.2. The minimum Gasteiger partial charge on any atom is -0.338 e. The topological polar surface area (TPSA) is 85.1 Å². The number of benzene rings is 2. The molecule has 25 heavy (non-hydrogen) atoms. The summed E-state index contributed by atoms with van der Waals surface area (Å²) in [6.07, 6.45) is 0. The SMILES string of the molecule is O=S(=O)(Cc1cccc(Cl)c1)NCc1nc(-c2cccc(Br)c2)no1. The van der Waals surface area contributed by atoms with Gasteiger partial charge in [0.25, 0.3) is 0 Å². The summed E-state index contributed by atoms with van der Waals surface area (Å²) < 4.78 is 32.7. The second kappa shape index (κ2) is 7.65. The summed E-state index contributed by atoms with van der Waals surface area (Å²) in [7, 11) is -3.56. The smallest absolute Gasteiger partial charge is 0.242 e. The molecule has 0 saturated carbocycles. The van der Waals surface area contributed by atoms with E-state index in [0.717, 1.165) is 10.0 Å². The molecule has 6 nitrogen and oxygen atoms in total. The van der Waals surface area contributed by atoms with Crippen LogP contribution in [-0.4, -0.2) is 18.6 Å². The van der Waals surface area contributed by atoms with Crippen molar-refractivity contribution in [2.75, 3.05) is 0 Å². The third kappa shape index (κ3) is 5.12. The van der Waals surface area contributed by atoms with Crippen molar-refractivity contribution in [2.24, 2.45) is 0 Å². The molecule has 0 radical (unpaired) electrons. The number of nitrogens with zero attached hydrogens (tertiary/aromatic N) is 2. The average molecular weight is 443 g/mol.